The summed E-state index contributed by atoms with van der Waals surface area (Å²) in [6.07, 6.45) is 0. The van der Waals surface area contributed by atoms with Crippen molar-refractivity contribution in [2.24, 2.45) is 0 Å². The molecular weight excluding hydrogens is 348 g/mol. The van der Waals surface area contributed by atoms with Crippen LogP contribution in [-0.2, 0) is 0 Å². The van der Waals surface area contributed by atoms with Crippen molar-refractivity contribution in [3.8, 4) is 0 Å². The summed E-state index contributed by atoms with van der Waals surface area (Å²) in [6.45, 7) is 10.2. The number of urea groups is 1. The second kappa shape index (κ2) is 8.23. The van der Waals surface area contributed by atoms with Crippen molar-refractivity contribution in [2.45, 2.75) is 25.8 Å². The largest absolute Gasteiger partial charge is 0.369 e. The van der Waals surface area contributed by atoms with Crippen LogP contribution in [0.15, 0.2) is 54.6 Å². The third-order valence-electron chi connectivity index (χ3n) is 5.93. The number of hydrogen-bond acceptors (Lipinski definition) is 3. The topological polar surface area (TPSA) is 38.8 Å². The van der Waals surface area contributed by atoms with Gasteiger partial charge in [0.25, 0.3) is 0 Å². The molecule has 0 aliphatic carbocycles. The first-order valence-electron chi connectivity index (χ1n) is 10.3. The van der Waals surface area contributed by atoms with Crippen LogP contribution in [0.3, 0.4) is 0 Å². The van der Waals surface area contributed by atoms with Gasteiger partial charge in [0.1, 0.15) is 0 Å². The lowest BCUT2D eigenvalue weighted by Gasteiger charge is -2.48. The summed E-state index contributed by atoms with van der Waals surface area (Å²) in [5, 5.41) is 3.02. The summed E-state index contributed by atoms with van der Waals surface area (Å²) in [5.74, 6) is 0.503. The van der Waals surface area contributed by atoms with Gasteiger partial charge in [0.15, 0.2) is 0 Å². The molecule has 0 spiro atoms. The number of nitrogens with zero attached hydrogens (tertiary/aromatic N) is 3. The third-order valence-corrected chi connectivity index (χ3v) is 5.93. The Hall–Kier alpha value is -2.53. The normalized spacial score (nSPS) is 18.2. The number of hydrogen-bond donors (Lipinski definition) is 1. The van der Waals surface area contributed by atoms with Crippen molar-refractivity contribution in [3.63, 3.8) is 0 Å². The quantitative estimate of drug-likeness (QED) is 0.878. The molecule has 2 fully saturated rings. The zero-order valence-corrected chi connectivity index (χ0v) is 16.8. The maximum Gasteiger partial charge on any atom is 0.321 e. The first-order chi connectivity index (χ1) is 13.6. The van der Waals surface area contributed by atoms with Crippen molar-refractivity contribution in [3.05, 3.63) is 60.2 Å². The number of nitrogens with one attached hydrogen (secondary N) is 1. The molecule has 2 aliphatic rings. The maximum atomic E-state index is 12.5. The van der Waals surface area contributed by atoms with Crippen LogP contribution in [0.1, 0.15) is 25.3 Å². The van der Waals surface area contributed by atoms with E-state index in [9.17, 15) is 4.79 Å². The molecule has 0 bridgehead atoms. The number of para-hydroxylation sites is 1. The van der Waals surface area contributed by atoms with Gasteiger partial charge < -0.3 is 15.1 Å². The molecule has 0 atom stereocenters. The lowest BCUT2D eigenvalue weighted by atomic mass is 10.0. The molecule has 148 valence electrons. The molecule has 1 N–H and O–H groups in total. The molecular formula is C23H30N4O. The third kappa shape index (κ3) is 4.14. The van der Waals surface area contributed by atoms with Gasteiger partial charge in [-0.25, -0.2) is 4.79 Å². The molecule has 2 saturated heterocycles. The number of likely N-dealkylation sites (tertiary alicyclic amines) is 1. The van der Waals surface area contributed by atoms with E-state index in [1.807, 2.05) is 17.0 Å². The standard InChI is InChI=1S/C23H30N4O/c1-18(2)19-8-10-20(11-9-19)24-23(28)27-16-22(17-27)26-14-12-25(13-15-26)21-6-4-3-5-7-21/h3-11,18,22H,12-17H2,1-2H3,(H,24,28). The predicted molar refractivity (Wildman–Crippen MR) is 115 cm³/mol. The van der Waals surface area contributed by atoms with E-state index in [0.29, 0.717) is 12.0 Å². The lowest BCUT2D eigenvalue weighted by molar-refractivity contribution is 0.0578. The van der Waals surface area contributed by atoms with E-state index in [0.717, 1.165) is 45.0 Å². The lowest BCUT2D eigenvalue weighted by Crippen LogP contribution is -2.64. The van der Waals surface area contributed by atoms with E-state index in [4.69, 9.17) is 0 Å². The van der Waals surface area contributed by atoms with Crippen LogP contribution in [0, 0.1) is 0 Å². The van der Waals surface area contributed by atoms with E-state index in [1.165, 1.54) is 11.3 Å². The highest BCUT2D eigenvalue weighted by Crippen LogP contribution is 2.22. The van der Waals surface area contributed by atoms with Gasteiger partial charge in [0.05, 0.1) is 0 Å². The van der Waals surface area contributed by atoms with E-state index in [-0.39, 0.29) is 6.03 Å². The van der Waals surface area contributed by atoms with Crippen LogP contribution >= 0.6 is 0 Å². The fraction of sp³-hybridized carbons (Fsp3) is 0.435. The van der Waals surface area contributed by atoms with E-state index in [1.54, 1.807) is 0 Å². The molecule has 2 amide bonds. The van der Waals surface area contributed by atoms with Gasteiger partial charge in [-0.3, -0.25) is 4.90 Å². The van der Waals surface area contributed by atoms with Gasteiger partial charge in [-0.1, -0.05) is 44.2 Å². The smallest absolute Gasteiger partial charge is 0.321 e. The molecule has 5 nitrogen and oxygen atoms in total. The molecule has 0 aromatic heterocycles. The molecule has 5 heteroatoms. The van der Waals surface area contributed by atoms with Gasteiger partial charge in [-0.05, 0) is 35.7 Å². The van der Waals surface area contributed by atoms with Gasteiger partial charge in [-0.2, -0.15) is 0 Å². The van der Waals surface area contributed by atoms with Crippen LogP contribution in [0.4, 0.5) is 16.2 Å². The summed E-state index contributed by atoms with van der Waals surface area (Å²) in [7, 11) is 0. The molecule has 4 rings (SSSR count). The second-order valence-electron chi connectivity index (χ2n) is 8.12. The van der Waals surface area contributed by atoms with Crippen molar-refractivity contribution in [1.82, 2.24) is 9.80 Å². The number of piperazine rings is 1. The van der Waals surface area contributed by atoms with E-state index >= 15 is 0 Å². The van der Waals surface area contributed by atoms with Crippen LogP contribution < -0.4 is 10.2 Å². The highest BCUT2D eigenvalue weighted by Gasteiger charge is 2.36. The molecule has 0 unspecified atom stereocenters. The Morgan fingerprint density at radius 3 is 2.18 bits per heavy atom. The van der Waals surface area contributed by atoms with Crippen LogP contribution in [0.5, 0.6) is 0 Å². The molecule has 0 radical (unpaired) electrons. The molecule has 2 aliphatic heterocycles. The minimum absolute atomic E-state index is 0.0106. The fourth-order valence-electron chi connectivity index (χ4n) is 3.99. The number of benzene rings is 2. The Morgan fingerprint density at radius 1 is 0.929 bits per heavy atom. The summed E-state index contributed by atoms with van der Waals surface area (Å²) in [6, 6.07) is 19.3. The number of amides is 2. The molecule has 28 heavy (non-hydrogen) atoms. The molecule has 0 saturated carbocycles. The number of rotatable bonds is 4. The van der Waals surface area contributed by atoms with Crippen LogP contribution in [0.25, 0.3) is 0 Å². The minimum Gasteiger partial charge on any atom is -0.369 e. The van der Waals surface area contributed by atoms with Gasteiger partial charge in [0, 0.05) is 56.7 Å². The highest BCUT2D eigenvalue weighted by molar-refractivity contribution is 5.90. The zero-order chi connectivity index (χ0) is 19.5. The number of anilines is 2. The Kier molecular flexibility index (Phi) is 5.53. The van der Waals surface area contributed by atoms with Crippen molar-refractivity contribution in [2.75, 3.05) is 49.5 Å². The predicted octanol–water partition coefficient (Wildman–Crippen LogP) is 3.85. The Labute approximate surface area is 167 Å². The maximum absolute atomic E-state index is 12.5. The van der Waals surface area contributed by atoms with Crippen molar-refractivity contribution < 1.29 is 4.79 Å². The van der Waals surface area contributed by atoms with Gasteiger partial charge in [0.2, 0.25) is 0 Å². The SMILES string of the molecule is CC(C)c1ccc(NC(=O)N2CC(N3CCN(c4ccccc4)CC3)C2)cc1. The summed E-state index contributed by atoms with van der Waals surface area (Å²) < 4.78 is 0. The first kappa shape index (κ1) is 18.8. The molecule has 2 aromatic rings. The van der Waals surface area contributed by atoms with E-state index < -0.39 is 0 Å². The summed E-state index contributed by atoms with van der Waals surface area (Å²) in [4.78, 5) is 19.3. The Morgan fingerprint density at radius 2 is 1.57 bits per heavy atom. The average Bonchev–Trinajstić information content (AvgIpc) is 2.68. The van der Waals surface area contributed by atoms with Gasteiger partial charge in [-0.15, -0.1) is 0 Å². The Bertz CT molecular complexity index is 776. The van der Waals surface area contributed by atoms with Gasteiger partial charge >= 0.3 is 6.03 Å². The zero-order valence-electron chi connectivity index (χ0n) is 16.8. The first-order valence-corrected chi connectivity index (χ1v) is 10.3. The number of carbonyl (C=O) groups is 1. The number of carbonyl (C=O) groups excluding carboxylic acids is 1. The van der Waals surface area contributed by atoms with Crippen molar-refractivity contribution >= 4 is 17.4 Å². The van der Waals surface area contributed by atoms with E-state index in [2.05, 4.69) is 71.4 Å². The fourth-order valence-corrected chi connectivity index (χ4v) is 3.99. The second-order valence-corrected chi connectivity index (χ2v) is 8.12. The van der Waals surface area contributed by atoms with Crippen molar-refractivity contribution in [1.29, 1.82) is 0 Å². The Balaban J connectivity index is 1.22. The minimum atomic E-state index is 0.0106. The highest BCUT2D eigenvalue weighted by atomic mass is 16.2. The molecule has 2 heterocycles. The van der Waals surface area contributed by atoms with Crippen LogP contribution in [-0.4, -0.2) is 61.1 Å². The summed E-state index contributed by atoms with van der Waals surface area (Å²) >= 11 is 0. The monoisotopic (exact) mass is 378 g/mol. The van der Waals surface area contributed by atoms with Crippen LogP contribution in [0.2, 0.25) is 0 Å². The average molecular weight is 379 g/mol. The summed E-state index contributed by atoms with van der Waals surface area (Å²) in [5.41, 5.74) is 3.46. The molecule has 2 aromatic carbocycles.